The van der Waals surface area contributed by atoms with E-state index in [1.807, 2.05) is 25.1 Å². The lowest BCUT2D eigenvalue weighted by Crippen LogP contribution is -1.93. The third-order valence-electron chi connectivity index (χ3n) is 2.95. The van der Waals surface area contributed by atoms with Crippen LogP contribution in [-0.2, 0) is 19.3 Å². The Labute approximate surface area is 112 Å². The molecule has 0 bridgehead atoms. The molecule has 0 unspecified atom stereocenters. The maximum absolute atomic E-state index is 8.67. The minimum atomic E-state index is 0.300. The van der Waals surface area contributed by atoms with Crippen LogP contribution in [0.5, 0.6) is 5.75 Å². The van der Waals surface area contributed by atoms with Gasteiger partial charge in [-0.15, -0.1) is 0 Å². The van der Waals surface area contributed by atoms with Gasteiger partial charge in [0.1, 0.15) is 11.5 Å². The van der Waals surface area contributed by atoms with Crippen molar-refractivity contribution in [1.82, 2.24) is 4.98 Å². The molecule has 0 saturated carbocycles. The van der Waals surface area contributed by atoms with Gasteiger partial charge in [0.15, 0.2) is 5.89 Å². The molecule has 4 nitrogen and oxygen atoms in total. The van der Waals surface area contributed by atoms with E-state index in [-0.39, 0.29) is 0 Å². The van der Waals surface area contributed by atoms with Crippen LogP contribution >= 0.6 is 0 Å². The fourth-order valence-electron chi connectivity index (χ4n) is 1.91. The predicted molar refractivity (Wildman–Crippen MR) is 71.0 cm³/mol. The van der Waals surface area contributed by atoms with Crippen LogP contribution < -0.4 is 4.74 Å². The molecule has 0 saturated heterocycles. The van der Waals surface area contributed by atoms with Crippen LogP contribution in [0.3, 0.4) is 0 Å². The lowest BCUT2D eigenvalue weighted by Gasteiger charge is -2.02. The Morgan fingerprint density at radius 3 is 2.95 bits per heavy atom. The first kappa shape index (κ1) is 13.2. The predicted octanol–water partition coefficient (Wildman–Crippen LogP) is 2.84. The molecule has 0 aliphatic rings. The van der Waals surface area contributed by atoms with Crippen molar-refractivity contribution in [2.24, 2.45) is 0 Å². The van der Waals surface area contributed by atoms with Crippen LogP contribution in [0, 0.1) is 18.3 Å². The molecule has 98 valence electrons. The molecule has 19 heavy (non-hydrogen) atoms. The summed E-state index contributed by atoms with van der Waals surface area (Å²) in [6.45, 7) is 1.84. The lowest BCUT2D eigenvalue weighted by atomic mass is 10.1. The fourth-order valence-corrected chi connectivity index (χ4v) is 1.91. The second-order valence-corrected chi connectivity index (χ2v) is 4.30. The van der Waals surface area contributed by atoms with E-state index in [2.05, 4.69) is 17.1 Å². The van der Waals surface area contributed by atoms with Crippen LogP contribution in [0.2, 0.25) is 0 Å². The number of nitrogens with zero attached hydrogens (tertiary/aromatic N) is 2. The minimum Gasteiger partial charge on any atom is -0.497 e. The van der Waals surface area contributed by atoms with Crippen molar-refractivity contribution in [3.05, 3.63) is 47.2 Å². The third-order valence-corrected chi connectivity index (χ3v) is 2.95. The minimum absolute atomic E-state index is 0.300. The first-order chi connectivity index (χ1) is 9.22. The number of hydrogen-bond donors (Lipinski definition) is 0. The molecule has 0 amide bonds. The van der Waals surface area contributed by atoms with Gasteiger partial charge in [-0.05, 0) is 31.0 Å². The van der Waals surface area contributed by atoms with E-state index in [1.165, 1.54) is 5.56 Å². The Morgan fingerprint density at radius 2 is 2.21 bits per heavy atom. The first-order valence-corrected chi connectivity index (χ1v) is 6.18. The normalized spacial score (nSPS) is 10.2. The maximum Gasteiger partial charge on any atom is 0.194 e. The van der Waals surface area contributed by atoms with Crippen LogP contribution in [0.15, 0.2) is 28.7 Å². The summed E-state index contributed by atoms with van der Waals surface area (Å²) in [7, 11) is 1.66. The van der Waals surface area contributed by atoms with Gasteiger partial charge < -0.3 is 9.15 Å². The Balaban J connectivity index is 2.02. The molecule has 0 N–H and O–H groups in total. The second kappa shape index (κ2) is 6.05. The van der Waals surface area contributed by atoms with Gasteiger partial charge in [-0.25, -0.2) is 4.98 Å². The summed E-state index contributed by atoms with van der Waals surface area (Å²) in [4.78, 5) is 4.34. The molecule has 0 aliphatic heterocycles. The van der Waals surface area contributed by atoms with E-state index in [4.69, 9.17) is 14.4 Å². The summed E-state index contributed by atoms with van der Waals surface area (Å²) in [6, 6.07) is 10.0. The number of ether oxygens (including phenoxy) is 1. The number of methoxy groups -OCH3 is 1. The van der Waals surface area contributed by atoms with Crippen molar-refractivity contribution >= 4 is 0 Å². The SMILES string of the molecule is COc1cccc(CCc2nc(CC#N)c(C)o2)c1. The van der Waals surface area contributed by atoms with Crippen molar-refractivity contribution in [1.29, 1.82) is 5.26 Å². The van der Waals surface area contributed by atoms with E-state index in [1.54, 1.807) is 7.11 Å². The molecule has 2 aromatic rings. The molecule has 0 radical (unpaired) electrons. The molecule has 0 aliphatic carbocycles. The summed E-state index contributed by atoms with van der Waals surface area (Å²) in [5.74, 6) is 2.28. The van der Waals surface area contributed by atoms with Gasteiger partial charge >= 0.3 is 0 Å². The highest BCUT2D eigenvalue weighted by Crippen LogP contribution is 2.16. The zero-order valence-electron chi connectivity index (χ0n) is 11.1. The number of oxazole rings is 1. The molecule has 2 rings (SSSR count). The van der Waals surface area contributed by atoms with Gasteiger partial charge in [-0.2, -0.15) is 5.26 Å². The highest BCUT2D eigenvalue weighted by atomic mass is 16.5. The summed E-state index contributed by atoms with van der Waals surface area (Å²) >= 11 is 0. The first-order valence-electron chi connectivity index (χ1n) is 6.18. The highest BCUT2D eigenvalue weighted by Gasteiger charge is 2.09. The quantitative estimate of drug-likeness (QED) is 0.825. The topological polar surface area (TPSA) is 59.0 Å². The number of benzene rings is 1. The van der Waals surface area contributed by atoms with Crippen molar-refractivity contribution in [2.45, 2.75) is 26.2 Å². The Kier molecular flexibility index (Phi) is 4.19. The smallest absolute Gasteiger partial charge is 0.194 e. The Hall–Kier alpha value is -2.28. The Morgan fingerprint density at radius 1 is 1.37 bits per heavy atom. The number of aryl methyl sites for hydroxylation is 3. The number of aromatic nitrogens is 1. The zero-order chi connectivity index (χ0) is 13.7. The van der Waals surface area contributed by atoms with Crippen LogP contribution in [0.4, 0.5) is 0 Å². The van der Waals surface area contributed by atoms with Crippen molar-refractivity contribution in [3.63, 3.8) is 0 Å². The lowest BCUT2D eigenvalue weighted by molar-refractivity contribution is 0.414. The average Bonchev–Trinajstić information content (AvgIpc) is 2.78. The standard InChI is InChI=1S/C15H16N2O2/c1-11-14(8-9-16)17-15(19-11)7-6-12-4-3-5-13(10-12)18-2/h3-5,10H,6-8H2,1-2H3. The van der Waals surface area contributed by atoms with Gasteiger partial charge in [0.2, 0.25) is 0 Å². The van der Waals surface area contributed by atoms with Gasteiger partial charge in [-0.1, -0.05) is 12.1 Å². The summed E-state index contributed by atoms with van der Waals surface area (Å²) in [5.41, 5.74) is 1.92. The monoisotopic (exact) mass is 256 g/mol. The maximum atomic E-state index is 8.67. The van der Waals surface area contributed by atoms with E-state index in [9.17, 15) is 0 Å². The Bertz CT molecular complexity index is 596. The van der Waals surface area contributed by atoms with Gasteiger partial charge in [0.05, 0.1) is 25.3 Å². The van der Waals surface area contributed by atoms with Crippen LogP contribution in [0.1, 0.15) is 22.9 Å². The third kappa shape index (κ3) is 3.35. The molecule has 0 fully saturated rings. The number of rotatable bonds is 5. The number of nitriles is 1. The van der Waals surface area contributed by atoms with Crippen molar-refractivity contribution < 1.29 is 9.15 Å². The van der Waals surface area contributed by atoms with Gasteiger partial charge in [0, 0.05) is 6.42 Å². The van der Waals surface area contributed by atoms with Crippen molar-refractivity contribution in [2.75, 3.05) is 7.11 Å². The molecule has 1 aromatic carbocycles. The molecule has 0 atom stereocenters. The van der Waals surface area contributed by atoms with Gasteiger partial charge in [-0.3, -0.25) is 0 Å². The molecular weight excluding hydrogens is 240 g/mol. The van der Waals surface area contributed by atoms with E-state index in [0.29, 0.717) is 12.3 Å². The summed E-state index contributed by atoms with van der Waals surface area (Å²) < 4.78 is 10.7. The zero-order valence-corrected chi connectivity index (χ0v) is 11.1. The molecule has 1 aromatic heterocycles. The highest BCUT2D eigenvalue weighted by molar-refractivity contribution is 5.28. The van der Waals surface area contributed by atoms with E-state index >= 15 is 0 Å². The molecule has 4 heteroatoms. The van der Waals surface area contributed by atoms with E-state index in [0.717, 1.165) is 30.0 Å². The fraction of sp³-hybridized carbons (Fsp3) is 0.333. The van der Waals surface area contributed by atoms with Crippen molar-refractivity contribution in [3.8, 4) is 11.8 Å². The van der Waals surface area contributed by atoms with E-state index < -0.39 is 0 Å². The van der Waals surface area contributed by atoms with Crippen LogP contribution in [-0.4, -0.2) is 12.1 Å². The molecule has 1 heterocycles. The largest absolute Gasteiger partial charge is 0.497 e. The average molecular weight is 256 g/mol. The molecule has 0 spiro atoms. The summed E-state index contributed by atoms with van der Waals surface area (Å²) in [5, 5.41) is 8.67. The summed E-state index contributed by atoms with van der Waals surface area (Å²) in [6.07, 6.45) is 1.86. The van der Waals surface area contributed by atoms with Crippen LogP contribution in [0.25, 0.3) is 0 Å². The molecular formula is C15H16N2O2. The second-order valence-electron chi connectivity index (χ2n) is 4.30. The van der Waals surface area contributed by atoms with Gasteiger partial charge in [0.25, 0.3) is 0 Å². The number of hydrogen-bond acceptors (Lipinski definition) is 4.